The minimum Gasteiger partial charge on any atom is -1.00 e. The summed E-state index contributed by atoms with van der Waals surface area (Å²) in [5.41, 5.74) is 0. The van der Waals surface area contributed by atoms with Crippen molar-refractivity contribution < 1.29 is 55.2 Å². The number of unbranched alkanes of at least 4 members (excludes halogenated alkanes) is 39. The smallest absolute Gasteiger partial charge is 0.0780 e. The molecule has 0 aromatic carbocycles. The average Bonchev–Trinajstić information content (AvgIpc) is 3.17. The van der Waals surface area contributed by atoms with Crippen LogP contribution in [-0.4, -0.2) is 96.5 Å². The molecule has 0 radical (unpaired) electrons. The maximum absolute atomic E-state index is 2.29. The highest BCUT2D eigenvalue weighted by Crippen LogP contribution is 2.16. The van der Waals surface area contributed by atoms with Crippen molar-refractivity contribution in [2.75, 3.05) is 83.1 Å². The first kappa shape index (κ1) is 75.5. The van der Waals surface area contributed by atoms with Gasteiger partial charge in [0.15, 0.2) is 0 Å². The van der Waals surface area contributed by atoms with Crippen LogP contribution in [0.3, 0.4) is 0 Å². The van der Waals surface area contributed by atoms with Crippen molar-refractivity contribution in [3.8, 4) is 0 Å². The van der Waals surface area contributed by atoms with Gasteiger partial charge in [-0.25, -0.2) is 0 Å². The van der Waals surface area contributed by atoms with Crippen LogP contribution in [0.1, 0.15) is 290 Å². The quantitative estimate of drug-likeness (QED) is 0.0422. The first-order valence-corrected chi connectivity index (χ1v) is 28.1. The van der Waals surface area contributed by atoms with Gasteiger partial charge in [0.25, 0.3) is 0 Å². The molecule has 0 aromatic heterocycles. The molecule has 0 heterocycles. The van der Waals surface area contributed by atoms with E-state index in [0.29, 0.717) is 0 Å². The molecule has 0 aliphatic carbocycles. The van der Waals surface area contributed by atoms with Gasteiger partial charge in [0.2, 0.25) is 0 Å². The lowest BCUT2D eigenvalue weighted by Gasteiger charge is -2.23. The van der Waals surface area contributed by atoms with Crippen molar-refractivity contribution >= 4 is 0 Å². The van der Waals surface area contributed by atoms with Crippen LogP contribution in [0.5, 0.6) is 0 Å². The van der Waals surface area contributed by atoms with E-state index in [1.165, 1.54) is 289 Å². The predicted octanol–water partition coefficient (Wildman–Crippen LogP) is 9.53. The summed E-state index contributed by atoms with van der Waals surface area (Å²) in [5, 5.41) is 0. The molecule has 63 heavy (non-hydrogen) atoms. The Morgan fingerprint density at radius 1 is 0.175 bits per heavy atom. The Morgan fingerprint density at radius 2 is 0.270 bits per heavy atom. The Bertz CT molecular complexity index is 662. The number of halogens is 3. The third kappa shape index (κ3) is 86.6. The van der Waals surface area contributed by atoms with Crippen LogP contribution < -0.4 is 41.8 Å². The SMILES string of the molecule is CCCCCCCCCCCCCCCC[N+](C)(C)C.CCCCCCCCCCCCCCCC[N+](C)(C)C.CCCCCCCCCCCCCCCC[N+](C)(C)C.[Br-].[Cl-].[Cl-]. The molecule has 0 aromatic rings. The van der Waals surface area contributed by atoms with E-state index in [1.54, 1.807) is 0 Å². The highest BCUT2D eigenvalue weighted by molar-refractivity contribution is 4.52. The fourth-order valence-electron chi connectivity index (χ4n) is 8.34. The number of nitrogens with zero attached hydrogens (tertiary/aromatic N) is 3. The molecule has 6 heteroatoms. The monoisotopic (exact) mass is 1000 g/mol. The largest absolute Gasteiger partial charge is 1.00 e. The molecule has 0 amide bonds. The van der Waals surface area contributed by atoms with Crippen molar-refractivity contribution in [1.29, 1.82) is 0 Å². The molecule has 0 spiro atoms. The zero-order valence-electron chi connectivity index (χ0n) is 46.3. The van der Waals surface area contributed by atoms with E-state index >= 15 is 0 Å². The van der Waals surface area contributed by atoms with E-state index in [2.05, 4.69) is 84.2 Å². The summed E-state index contributed by atoms with van der Waals surface area (Å²) in [7, 11) is 20.6. The van der Waals surface area contributed by atoms with Crippen LogP contribution in [0.4, 0.5) is 0 Å². The summed E-state index contributed by atoms with van der Waals surface area (Å²) in [4.78, 5) is 0. The summed E-state index contributed by atoms with van der Waals surface area (Å²) in [5.74, 6) is 0. The Hall–Kier alpha value is 0.940. The summed E-state index contributed by atoms with van der Waals surface area (Å²) in [6.07, 6.45) is 61.1. The molecule has 0 rings (SSSR count). The van der Waals surface area contributed by atoms with Gasteiger partial charge in [-0.15, -0.1) is 0 Å². The molecular formula is C57H126BrCl2N3. The molecule has 0 saturated heterocycles. The maximum Gasteiger partial charge on any atom is 0.0780 e. The van der Waals surface area contributed by atoms with Gasteiger partial charge in [-0.1, -0.05) is 252 Å². The van der Waals surface area contributed by atoms with Gasteiger partial charge in [-0.05, 0) is 38.5 Å². The standard InChI is InChI=1S/3C19H42N.BrH.2ClH/c3*1-5-6-7-8-9-10-11-12-13-14-15-16-17-18-19-20(2,3)4;;;/h3*5-19H2,1-4H3;3*1H/q3*+1;;;/p-3. The van der Waals surface area contributed by atoms with E-state index in [9.17, 15) is 0 Å². The first-order chi connectivity index (χ1) is 28.7. The molecular weight excluding hydrogens is 877 g/mol. The summed E-state index contributed by atoms with van der Waals surface area (Å²) >= 11 is 0. The first-order valence-electron chi connectivity index (χ1n) is 28.1. The van der Waals surface area contributed by atoms with E-state index in [-0.39, 0.29) is 41.8 Å². The van der Waals surface area contributed by atoms with Gasteiger partial charge < -0.3 is 55.2 Å². The lowest BCUT2D eigenvalue weighted by Crippen LogP contribution is -3.00. The maximum atomic E-state index is 2.29. The second-order valence-corrected chi connectivity index (χ2v) is 22.8. The lowest BCUT2D eigenvalue weighted by atomic mass is 10.0. The Labute approximate surface area is 426 Å². The average molecular weight is 1000 g/mol. The van der Waals surface area contributed by atoms with Crippen molar-refractivity contribution in [2.45, 2.75) is 290 Å². The highest BCUT2D eigenvalue weighted by atomic mass is 79.9. The van der Waals surface area contributed by atoms with Gasteiger partial charge >= 0.3 is 0 Å². The zero-order chi connectivity index (χ0) is 45.3. The van der Waals surface area contributed by atoms with Crippen molar-refractivity contribution in [1.82, 2.24) is 0 Å². The van der Waals surface area contributed by atoms with Crippen molar-refractivity contribution in [3.05, 3.63) is 0 Å². The van der Waals surface area contributed by atoms with Crippen molar-refractivity contribution in [3.63, 3.8) is 0 Å². The van der Waals surface area contributed by atoms with Crippen LogP contribution >= 0.6 is 0 Å². The summed E-state index contributed by atoms with van der Waals surface area (Å²) in [6, 6.07) is 0. The van der Waals surface area contributed by atoms with Gasteiger partial charge in [0, 0.05) is 0 Å². The van der Waals surface area contributed by atoms with Crippen LogP contribution in [0.2, 0.25) is 0 Å². The predicted molar refractivity (Wildman–Crippen MR) is 280 cm³/mol. The van der Waals surface area contributed by atoms with Gasteiger partial charge in [-0.2, -0.15) is 0 Å². The second-order valence-electron chi connectivity index (χ2n) is 22.8. The molecule has 0 aliphatic rings. The minimum atomic E-state index is 0. The topological polar surface area (TPSA) is 0 Å². The zero-order valence-corrected chi connectivity index (χ0v) is 49.4. The van der Waals surface area contributed by atoms with Crippen molar-refractivity contribution in [2.24, 2.45) is 0 Å². The molecule has 0 unspecified atom stereocenters. The molecule has 0 N–H and O–H groups in total. The summed E-state index contributed by atoms with van der Waals surface area (Å²) < 4.78 is 3.37. The normalized spacial score (nSPS) is 11.4. The number of hydrogen-bond acceptors (Lipinski definition) is 0. The van der Waals surface area contributed by atoms with E-state index < -0.39 is 0 Å². The van der Waals surface area contributed by atoms with Crippen LogP contribution in [0, 0.1) is 0 Å². The molecule has 0 bridgehead atoms. The number of rotatable bonds is 45. The molecule has 390 valence electrons. The Kier molecular flexibility index (Phi) is 70.7. The second kappa shape index (κ2) is 59.1. The fourth-order valence-corrected chi connectivity index (χ4v) is 8.34. The molecule has 0 aliphatic heterocycles. The third-order valence-electron chi connectivity index (χ3n) is 12.5. The van der Waals surface area contributed by atoms with E-state index in [4.69, 9.17) is 0 Å². The van der Waals surface area contributed by atoms with Gasteiger partial charge in [0.05, 0.1) is 83.1 Å². The van der Waals surface area contributed by atoms with Crippen LogP contribution in [0.25, 0.3) is 0 Å². The summed E-state index contributed by atoms with van der Waals surface area (Å²) in [6.45, 7) is 10.9. The Balaban J connectivity index is -0.000000189. The third-order valence-corrected chi connectivity index (χ3v) is 12.5. The van der Waals surface area contributed by atoms with Gasteiger partial charge in [0.1, 0.15) is 0 Å². The van der Waals surface area contributed by atoms with E-state index in [1.807, 2.05) is 0 Å². The molecule has 0 atom stereocenters. The number of hydrogen-bond donors (Lipinski definition) is 0. The van der Waals surface area contributed by atoms with Crippen LogP contribution in [-0.2, 0) is 0 Å². The molecule has 0 saturated carbocycles. The highest BCUT2D eigenvalue weighted by Gasteiger charge is 2.07. The number of quaternary nitrogens is 3. The molecule has 3 nitrogen and oxygen atoms in total. The van der Waals surface area contributed by atoms with Gasteiger partial charge in [-0.3, -0.25) is 0 Å². The minimum absolute atomic E-state index is 0. The molecule has 0 fully saturated rings. The fraction of sp³-hybridized carbons (Fsp3) is 1.00. The van der Waals surface area contributed by atoms with E-state index in [0.717, 1.165) is 13.4 Å². The van der Waals surface area contributed by atoms with Crippen LogP contribution in [0.15, 0.2) is 0 Å². The Morgan fingerprint density at radius 3 is 0.365 bits per heavy atom. The lowest BCUT2D eigenvalue weighted by molar-refractivity contribution is -0.870.